The van der Waals surface area contributed by atoms with E-state index in [9.17, 15) is 13.2 Å². The van der Waals surface area contributed by atoms with Gasteiger partial charge in [-0.2, -0.15) is 4.31 Å². The maximum atomic E-state index is 13.0. The molecule has 1 aromatic carbocycles. The van der Waals surface area contributed by atoms with Crippen LogP contribution < -0.4 is 0 Å². The van der Waals surface area contributed by atoms with E-state index >= 15 is 0 Å². The van der Waals surface area contributed by atoms with Crippen LogP contribution in [0.2, 0.25) is 5.02 Å². The second-order valence-corrected chi connectivity index (χ2v) is 8.28. The minimum absolute atomic E-state index is 0.00563. The highest BCUT2D eigenvalue weighted by molar-refractivity contribution is 7.89. The van der Waals surface area contributed by atoms with Gasteiger partial charge in [0.1, 0.15) is 6.04 Å². The Balaban J connectivity index is 1.99. The van der Waals surface area contributed by atoms with Crippen molar-refractivity contribution in [2.45, 2.75) is 43.7 Å². The minimum Gasteiger partial charge on any atom is -0.337 e. The van der Waals surface area contributed by atoms with Gasteiger partial charge >= 0.3 is 0 Å². The molecule has 2 aliphatic heterocycles. The molecular weight excluding hydrogens is 324 g/mol. The first-order chi connectivity index (χ1) is 10.3. The van der Waals surface area contributed by atoms with E-state index in [1.807, 2.05) is 4.90 Å². The highest BCUT2D eigenvalue weighted by Gasteiger charge is 2.45. The van der Waals surface area contributed by atoms with Gasteiger partial charge in [0.2, 0.25) is 15.9 Å². The van der Waals surface area contributed by atoms with Gasteiger partial charge in [0.25, 0.3) is 0 Å². The van der Waals surface area contributed by atoms with E-state index in [1.165, 1.54) is 10.4 Å². The van der Waals surface area contributed by atoms with Crippen LogP contribution in [0.1, 0.15) is 25.3 Å². The van der Waals surface area contributed by atoms with Crippen molar-refractivity contribution >= 4 is 27.5 Å². The highest BCUT2D eigenvalue weighted by Crippen LogP contribution is 2.31. The van der Waals surface area contributed by atoms with Crippen LogP contribution in [-0.2, 0) is 14.8 Å². The van der Waals surface area contributed by atoms with Crippen LogP contribution in [0, 0.1) is 6.92 Å². The molecule has 2 aliphatic rings. The third-order valence-corrected chi connectivity index (χ3v) is 6.90. The first kappa shape index (κ1) is 15.8. The van der Waals surface area contributed by atoms with E-state index in [-0.39, 0.29) is 16.8 Å². The SMILES string of the molecule is Cc1cc(Cl)ccc1S(=O)(=O)N1CC2CCCN2C(=O)C1C. The number of sulfonamides is 1. The van der Waals surface area contributed by atoms with Crippen LogP contribution in [0.25, 0.3) is 0 Å². The lowest BCUT2D eigenvalue weighted by Crippen LogP contribution is -2.59. The average Bonchev–Trinajstić information content (AvgIpc) is 2.90. The zero-order chi connectivity index (χ0) is 16.1. The molecule has 2 unspecified atom stereocenters. The van der Waals surface area contributed by atoms with Crippen molar-refractivity contribution in [3.8, 4) is 0 Å². The van der Waals surface area contributed by atoms with E-state index < -0.39 is 16.1 Å². The number of carbonyl (C=O) groups is 1. The van der Waals surface area contributed by atoms with E-state index in [1.54, 1.807) is 26.0 Å². The highest BCUT2D eigenvalue weighted by atomic mass is 35.5. The zero-order valence-corrected chi connectivity index (χ0v) is 14.2. The van der Waals surface area contributed by atoms with Gasteiger partial charge in [-0.25, -0.2) is 8.42 Å². The van der Waals surface area contributed by atoms with Crippen LogP contribution >= 0.6 is 11.6 Å². The Labute approximate surface area is 135 Å². The van der Waals surface area contributed by atoms with Crippen molar-refractivity contribution in [1.82, 2.24) is 9.21 Å². The summed E-state index contributed by atoms with van der Waals surface area (Å²) in [5.41, 5.74) is 0.598. The molecule has 0 saturated carbocycles. The Morgan fingerprint density at radius 2 is 2.05 bits per heavy atom. The molecule has 5 nitrogen and oxygen atoms in total. The second kappa shape index (κ2) is 5.51. The summed E-state index contributed by atoms with van der Waals surface area (Å²) >= 11 is 5.91. The summed E-state index contributed by atoms with van der Waals surface area (Å²) in [5.74, 6) is -0.0936. The van der Waals surface area contributed by atoms with Gasteiger partial charge in [0.15, 0.2) is 0 Å². The summed E-state index contributed by atoms with van der Waals surface area (Å²) in [5, 5.41) is 0.501. The molecule has 0 aliphatic carbocycles. The van der Waals surface area contributed by atoms with Gasteiger partial charge in [0.05, 0.1) is 4.90 Å². The molecule has 3 rings (SSSR count). The number of aryl methyl sites for hydroxylation is 1. The molecule has 0 radical (unpaired) electrons. The lowest BCUT2D eigenvalue weighted by atomic mass is 10.1. The quantitative estimate of drug-likeness (QED) is 0.826. The Kier molecular flexibility index (Phi) is 3.95. The van der Waals surface area contributed by atoms with Crippen molar-refractivity contribution in [3.05, 3.63) is 28.8 Å². The monoisotopic (exact) mass is 342 g/mol. The van der Waals surface area contributed by atoms with Crippen LogP contribution in [0.15, 0.2) is 23.1 Å². The van der Waals surface area contributed by atoms with E-state index in [0.29, 0.717) is 17.1 Å². The third-order valence-electron chi connectivity index (χ3n) is 4.56. The largest absolute Gasteiger partial charge is 0.337 e. The topological polar surface area (TPSA) is 57.7 Å². The molecule has 1 amide bonds. The molecule has 0 N–H and O–H groups in total. The van der Waals surface area contributed by atoms with E-state index in [0.717, 1.165) is 19.4 Å². The molecular formula is C15H19ClN2O3S. The first-order valence-corrected chi connectivity index (χ1v) is 9.22. The number of halogens is 1. The molecule has 0 bridgehead atoms. The number of nitrogens with zero attached hydrogens (tertiary/aromatic N) is 2. The molecule has 22 heavy (non-hydrogen) atoms. The van der Waals surface area contributed by atoms with Gasteiger partial charge in [-0.1, -0.05) is 11.6 Å². The Hall–Kier alpha value is -1.11. The summed E-state index contributed by atoms with van der Waals surface area (Å²) in [6.45, 7) is 4.50. The lowest BCUT2D eigenvalue weighted by molar-refractivity contribution is -0.139. The van der Waals surface area contributed by atoms with Crippen LogP contribution in [0.3, 0.4) is 0 Å². The van der Waals surface area contributed by atoms with Gasteiger partial charge in [-0.3, -0.25) is 4.79 Å². The first-order valence-electron chi connectivity index (χ1n) is 7.41. The second-order valence-electron chi connectivity index (χ2n) is 5.99. The van der Waals surface area contributed by atoms with Crippen molar-refractivity contribution in [2.75, 3.05) is 13.1 Å². The van der Waals surface area contributed by atoms with Crippen molar-refractivity contribution in [2.24, 2.45) is 0 Å². The molecule has 7 heteroatoms. The van der Waals surface area contributed by atoms with Crippen molar-refractivity contribution in [3.63, 3.8) is 0 Å². The van der Waals surface area contributed by atoms with Gasteiger partial charge < -0.3 is 4.90 Å². The van der Waals surface area contributed by atoms with E-state index in [4.69, 9.17) is 11.6 Å². The van der Waals surface area contributed by atoms with Crippen LogP contribution in [0.5, 0.6) is 0 Å². The normalized spacial score (nSPS) is 26.3. The molecule has 1 aromatic rings. The standard InChI is InChI=1S/C15H19ClN2O3S/c1-10-8-12(16)5-6-14(10)22(20,21)18-9-13-4-3-7-17(13)15(19)11(18)2/h5-6,8,11,13H,3-4,7,9H2,1-2H3. The zero-order valence-electron chi connectivity index (χ0n) is 12.6. The summed E-state index contributed by atoms with van der Waals surface area (Å²) in [6, 6.07) is 4.07. The number of amides is 1. The Morgan fingerprint density at radius 1 is 1.32 bits per heavy atom. The molecule has 2 saturated heterocycles. The Morgan fingerprint density at radius 3 is 2.73 bits per heavy atom. The molecule has 2 atom stereocenters. The molecule has 0 aromatic heterocycles. The fourth-order valence-electron chi connectivity index (χ4n) is 3.38. The predicted octanol–water partition coefficient (Wildman–Crippen LogP) is 2.03. The molecule has 2 fully saturated rings. The molecule has 0 spiro atoms. The van der Waals surface area contributed by atoms with Gasteiger partial charge in [-0.05, 0) is 50.5 Å². The number of piperazine rings is 1. The summed E-state index contributed by atoms with van der Waals surface area (Å²) in [7, 11) is -3.70. The number of rotatable bonds is 2. The van der Waals surface area contributed by atoms with Gasteiger partial charge in [0, 0.05) is 24.2 Å². The van der Waals surface area contributed by atoms with Crippen molar-refractivity contribution in [1.29, 1.82) is 0 Å². The number of carbonyl (C=O) groups excluding carboxylic acids is 1. The fourth-order valence-corrected chi connectivity index (χ4v) is 5.44. The smallest absolute Gasteiger partial charge is 0.244 e. The third kappa shape index (κ3) is 2.43. The number of fused-ring (bicyclic) bond motifs is 1. The summed E-state index contributed by atoms with van der Waals surface area (Å²) < 4.78 is 27.3. The van der Waals surface area contributed by atoms with Crippen LogP contribution in [-0.4, -0.2) is 48.7 Å². The maximum Gasteiger partial charge on any atom is 0.244 e. The average molecular weight is 343 g/mol. The molecule has 2 heterocycles. The Bertz CT molecular complexity index is 719. The van der Waals surface area contributed by atoms with Crippen molar-refractivity contribution < 1.29 is 13.2 Å². The summed E-state index contributed by atoms with van der Waals surface area (Å²) in [6.07, 6.45) is 1.81. The maximum absolute atomic E-state index is 13.0. The summed E-state index contributed by atoms with van der Waals surface area (Å²) in [4.78, 5) is 14.5. The van der Waals surface area contributed by atoms with E-state index in [2.05, 4.69) is 0 Å². The molecule has 120 valence electrons. The van der Waals surface area contributed by atoms with Crippen LogP contribution in [0.4, 0.5) is 0 Å². The number of hydrogen-bond acceptors (Lipinski definition) is 3. The van der Waals surface area contributed by atoms with Gasteiger partial charge in [-0.15, -0.1) is 0 Å². The number of benzene rings is 1. The number of hydrogen-bond donors (Lipinski definition) is 0. The lowest BCUT2D eigenvalue weighted by Gasteiger charge is -2.40. The fraction of sp³-hybridized carbons (Fsp3) is 0.533. The minimum atomic E-state index is -3.70. The predicted molar refractivity (Wildman–Crippen MR) is 84.3 cm³/mol.